The van der Waals surface area contributed by atoms with Gasteiger partial charge >= 0.3 is 5.97 Å². The summed E-state index contributed by atoms with van der Waals surface area (Å²) in [6.45, 7) is 2.86. The molecule has 12 heteroatoms. The summed E-state index contributed by atoms with van der Waals surface area (Å²) in [5.74, 6) is -1.32. The van der Waals surface area contributed by atoms with Crippen molar-refractivity contribution in [3.63, 3.8) is 0 Å². The summed E-state index contributed by atoms with van der Waals surface area (Å²) < 4.78 is 11.4. The van der Waals surface area contributed by atoms with Crippen LogP contribution in [0.25, 0.3) is 0 Å². The molecule has 0 unspecified atom stereocenters. The van der Waals surface area contributed by atoms with Crippen LogP contribution in [0.1, 0.15) is 41.0 Å². The molecule has 0 saturated carbocycles. The number of nitrogen functional groups attached to an aromatic ring is 1. The normalized spacial score (nSPS) is 10.7. The van der Waals surface area contributed by atoms with Crippen LogP contribution in [0, 0.1) is 5.41 Å². The molecule has 200 valence electrons. The molecule has 7 N–H and O–H groups in total. The number of aliphatic carboxylic acids is 1. The lowest BCUT2D eigenvalue weighted by molar-refractivity contribution is -0.139. The number of carboxylic acids is 1. The Kier molecular flexibility index (Phi) is 9.47. The second-order valence-electron chi connectivity index (χ2n) is 8.43. The summed E-state index contributed by atoms with van der Waals surface area (Å²) in [6, 6.07) is 11.1. The number of carbonyl (C=O) groups is 2. The first-order valence-corrected chi connectivity index (χ1v) is 11.9. The number of aliphatic hydroxyl groups is 1. The molecule has 3 aromatic rings. The average Bonchev–Trinajstić information content (AvgIpc) is 2.86. The van der Waals surface area contributed by atoms with Crippen molar-refractivity contribution in [1.82, 2.24) is 4.98 Å². The summed E-state index contributed by atoms with van der Waals surface area (Å²) in [5, 5.41) is 32.5. The third-order valence-electron chi connectivity index (χ3n) is 5.07. The zero-order chi connectivity index (χ0) is 27.8. The van der Waals surface area contributed by atoms with Crippen molar-refractivity contribution in [2.45, 2.75) is 33.1 Å². The number of carbonyl (C=O) groups excluding carboxylic acids is 1. The van der Waals surface area contributed by atoms with Gasteiger partial charge in [-0.15, -0.1) is 0 Å². The molecule has 1 amide bonds. The van der Waals surface area contributed by atoms with Crippen molar-refractivity contribution in [2.24, 2.45) is 5.73 Å². The van der Waals surface area contributed by atoms with Crippen molar-refractivity contribution >= 4 is 40.7 Å². The number of rotatable bonds is 12. The van der Waals surface area contributed by atoms with Gasteiger partial charge in [0.05, 0.1) is 30.2 Å². The number of carboxylic acid groups (broad SMARTS) is 1. The number of nitrogens with one attached hydrogen (secondary N) is 3. The number of halogens is 1. The lowest BCUT2D eigenvalue weighted by atomic mass is 10.1. The van der Waals surface area contributed by atoms with Gasteiger partial charge in [0.15, 0.2) is 18.1 Å². The van der Waals surface area contributed by atoms with E-state index in [0.29, 0.717) is 33.3 Å². The number of anilines is 2. The molecule has 3 rings (SSSR count). The monoisotopic (exact) mass is 541 g/mol. The lowest BCUT2D eigenvalue weighted by Crippen LogP contribution is -2.17. The van der Waals surface area contributed by atoms with Gasteiger partial charge in [-0.1, -0.05) is 11.6 Å². The summed E-state index contributed by atoms with van der Waals surface area (Å²) in [5.41, 5.74) is 7.81. The van der Waals surface area contributed by atoms with Crippen LogP contribution in [0.15, 0.2) is 48.7 Å². The highest BCUT2D eigenvalue weighted by molar-refractivity contribution is 6.31. The van der Waals surface area contributed by atoms with Gasteiger partial charge in [-0.3, -0.25) is 15.2 Å². The molecule has 2 aromatic carbocycles. The maximum Gasteiger partial charge on any atom is 0.341 e. The Labute approximate surface area is 224 Å². The Hall–Kier alpha value is -4.35. The molecule has 0 bridgehead atoms. The first-order chi connectivity index (χ1) is 18.1. The first-order valence-electron chi connectivity index (χ1n) is 11.5. The molecule has 1 heterocycles. The Morgan fingerprint density at radius 3 is 2.55 bits per heavy atom. The van der Waals surface area contributed by atoms with Gasteiger partial charge in [-0.2, -0.15) is 0 Å². The molecule has 0 aliphatic carbocycles. The minimum Gasteiger partial charge on any atom is -0.487 e. The van der Waals surface area contributed by atoms with Gasteiger partial charge in [-0.25, -0.2) is 4.79 Å². The van der Waals surface area contributed by atoms with E-state index in [-0.39, 0.29) is 42.1 Å². The van der Waals surface area contributed by atoms with Crippen LogP contribution in [0.2, 0.25) is 5.02 Å². The number of amidine groups is 1. The molecule has 0 spiro atoms. The van der Waals surface area contributed by atoms with Gasteiger partial charge < -0.3 is 36.1 Å². The molecule has 0 fully saturated rings. The zero-order valence-corrected chi connectivity index (χ0v) is 21.5. The number of amides is 1. The Morgan fingerprint density at radius 2 is 1.95 bits per heavy atom. The van der Waals surface area contributed by atoms with Crippen LogP contribution in [-0.4, -0.2) is 45.6 Å². The van der Waals surface area contributed by atoms with Crippen LogP contribution in [0.4, 0.5) is 11.4 Å². The molecule has 38 heavy (non-hydrogen) atoms. The molecule has 0 radical (unpaired) electrons. The molecule has 0 aliphatic rings. The summed E-state index contributed by atoms with van der Waals surface area (Å²) in [6.07, 6.45) is 1.15. The van der Waals surface area contributed by atoms with Crippen LogP contribution in [-0.2, 0) is 17.9 Å². The Morgan fingerprint density at radius 1 is 1.18 bits per heavy atom. The highest BCUT2D eigenvalue weighted by Crippen LogP contribution is 2.35. The number of hydrogen-bond donors (Lipinski definition) is 6. The number of ether oxygens (including phenoxy) is 2. The number of benzene rings is 2. The topological polar surface area (TPSA) is 180 Å². The highest BCUT2D eigenvalue weighted by Gasteiger charge is 2.18. The molecular weight excluding hydrogens is 514 g/mol. The largest absolute Gasteiger partial charge is 0.487 e. The van der Waals surface area contributed by atoms with E-state index in [1.54, 1.807) is 30.3 Å². The fraction of sp³-hybridized carbons (Fsp3) is 0.231. The van der Waals surface area contributed by atoms with E-state index in [2.05, 4.69) is 15.6 Å². The number of aliphatic hydroxyl groups excluding tert-OH is 1. The minimum atomic E-state index is -1.16. The second kappa shape index (κ2) is 12.7. The Balaban J connectivity index is 1.90. The van der Waals surface area contributed by atoms with E-state index < -0.39 is 18.5 Å². The molecule has 0 saturated heterocycles. The molecular formula is C26H28ClN5O6. The zero-order valence-electron chi connectivity index (χ0n) is 20.7. The van der Waals surface area contributed by atoms with Gasteiger partial charge in [0.2, 0.25) is 0 Å². The number of nitrogens with zero attached hydrogens (tertiary/aromatic N) is 1. The lowest BCUT2D eigenvalue weighted by Gasteiger charge is -2.20. The average molecular weight is 542 g/mol. The van der Waals surface area contributed by atoms with Crippen LogP contribution >= 0.6 is 11.6 Å². The number of pyridine rings is 1. The summed E-state index contributed by atoms with van der Waals surface area (Å²) in [4.78, 5) is 28.3. The van der Waals surface area contributed by atoms with Crippen molar-refractivity contribution in [2.75, 3.05) is 17.2 Å². The number of hydrogen-bond acceptors (Lipinski definition) is 8. The molecule has 0 aliphatic heterocycles. The fourth-order valence-corrected chi connectivity index (χ4v) is 3.63. The van der Waals surface area contributed by atoms with Gasteiger partial charge in [0, 0.05) is 22.8 Å². The van der Waals surface area contributed by atoms with E-state index >= 15 is 0 Å². The maximum absolute atomic E-state index is 13.1. The SMILES string of the molecule is CC(C)Oc1cc(CO)cc(CNc2ccc(Cl)cc2C(=O)Nc2ccc(C(=N)N)nc2)c1OCC(=O)O. The van der Waals surface area contributed by atoms with Crippen LogP contribution in [0.3, 0.4) is 0 Å². The van der Waals surface area contributed by atoms with Crippen molar-refractivity contribution in [1.29, 1.82) is 5.41 Å². The van der Waals surface area contributed by atoms with E-state index in [1.807, 2.05) is 13.8 Å². The summed E-state index contributed by atoms with van der Waals surface area (Å²) >= 11 is 6.16. The predicted octanol–water partition coefficient (Wildman–Crippen LogP) is 3.63. The minimum absolute atomic E-state index is 0.105. The van der Waals surface area contributed by atoms with E-state index in [4.69, 9.17) is 37.3 Å². The number of nitrogens with two attached hydrogens (primary N) is 1. The first kappa shape index (κ1) is 28.2. The Bertz CT molecular complexity index is 1330. The van der Waals surface area contributed by atoms with Gasteiger partial charge in [-0.05, 0) is 61.9 Å². The molecule has 11 nitrogen and oxygen atoms in total. The maximum atomic E-state index is 13.1. The van der Waals surface area contributed by atoms with Crippen LogP contribution < -0.4 is 25.8 Å². The van der Waals surface area contributed by atoms with Crippen LogP contribution in [0.5, 0.6) is 11.5 Å². The van der Waals surface area contributed by atoms with Gasteiger partial charge in [0.25, 0.3) is 5.91 Å². The molecule has 0 atom stereocenters. The van der Waals surface area contributed by atoms with Crippen molar-refractivity contribution in [3.05, 3.63) is 76.1 Å². The van der Waals surface area contributed by atoms with E-state index in [1.165, 1.54) is 18.3 Å². The fourth-order valence-electron chi connectivity index (χ4n) is 3.46. The summed E-state index contributed by atoms with van der Waals surface area (Å²) in [7, 11) is 0. The smallest absolute Gasteiger partial charge is 0.341 e. The number of aromatic nitrogens is 1. The van der Waals surface area contributed by atoms with Crippen molar-refractivity contribution in [3.8, 4) is 11.5 Å². The quantitative estimate of drug-likeness (QED) is 0.147. The third kappa shape index (κ3) is 7.58. The third-order valence-corrected chi connectivity index (χ3v) is 5.30. The standard InChI is InChI=1S/C26H28ClN5O6/c1-14(2)38-22-8-15(12-33)7-16(24(22)37-13-23(34)35)10-30-20-5-3-17(27)9-19(20)26(36)32-18-4-6-21(25(28)29)31-11-18/h3-9,11,14,30,33H,10,12-13H2,1-2H3,(H3,28,29)(H,32,36)(H,34,35). The van der Waals surface area contributed by atoms with E-state index in [0.717, 1.165) is 0 Å². The van der Waals surface area contributed by atoms with Gasteiger partial charge in [0.1, 0.15) is 11.5 Å². The van der Waals surface area contributed by atoms with E-state index in [9.17, 15) is 14.7 Å². The molecule has 1 aromatic heterocycles. The van der Waals surface area contributed by atoms with Crippen molar-refractivity contribution < 1.29 is 29.3 Å². The predicted molar refractivity (Wildman–Crippen MR) is 143 cm³/mol. The second-order valence-corrected chi connectivity index (χ2v) is 8.87. The highest BCUT2D eigenvalue weighted by atomic mass is 35.5.